The van der Waals surface area contributed by atoms with Crippen molar-refractivity contribution in [2.45, 2.75) is 19.6 Å². The van der Waals surface area contributed by atoms with Crippen molar-refractivity contribution >= 4 is 0 Å². The van der Waals surface area contributed by atoms with E-state index in [1.165, 1.54) is 21.1 Å². The summed E-state index contributed by atoms with van der Waals surface area (Å²) in [6.07, 6.45) is -1.22. The van der Waals surface area contributed by atoms with Gasteiger partial charge in [-0.15, -0.1) is 0 Å². The van der Waals surface area contributed by atoms with Crippen LogP contribution in [0.1, 0.15) is 24.5 Å². The van der Waals surface area contributed by atoms with E-state index >= 15 is 0 Å². The van der Waals surface area contributed by atoms with E-state index in [4.69, 9.17) is 19.7 Å². The average Bonchev–Trinajstić information content (AvgIpc) is 2.94. The van der Waals surface area contributed by atoms with Gasteiger partial charge in [-0.2, -0.15) is 4.98 Å². The summed E-state index contributed by atoms with van der Waals surface area (Å²) in [5.74, 6) is 1.40. The summed E-state index contributed by atoms with van der Waals surface area (Å²) < 4.78 is 29.1. The third-order valence-corrected chi connectivity index (χ3v) is 2.84. The smallest absolute Gasteiger partial charge is 0.240 e. The molecule has 0 fully saturated rings. The minimum Gasteiger partial charge on any atom is -0.493 e. The molecule has 0 radical (unpaired) electrons. The van der Waals surface area contributed by atoms with Crippen molar-refractivity contribution in [3.8, 4) is 22.9 Å². The number of rotatable bonds is 5. The number of aromatic nitrogens is 2. The van der Waals surface area contributed by atoms with Crippen LogP contribution < -0.4 is 15.2 Å². The standard InChI is InChI=1S/C13H16FN3O3/c1-7(14)9-4-8(5-10(18-2)12(9)19-3)13-16-11(6-15)20-17-13/h4-5,7H,6,15H2,1-3H3. The second-order valence-electron chi connectivity index (χ2n) is 4.13. The summed E-state index contributed by atoms with van der Waals surface area (Å²) in [6, 6.07) is 3.27. The molecule has 2 rings (SSSR count). The molecule has 0 saturated carbocycles. The molecule has 6 nitrogen and oxygen atoms in total. The molecule has 0 aliphatic carbocycles. The Labute approximate surface area is 115 Å². The number of methoxy groups -OCH3 is 2. The number of nitrogens with two attached hydrogens (primary N) is 1. The lowest BCUT2D eigenvalue weighted by atomic mass is 10.0. The summed E-state index contributed by atoms with van der Waals surface area (Å²) in [5.41, 5.74) is 6.36. The van der Waals surface area contributed by atoms with Gasteiger partial charge in [0.1, 0.15) is 6.17 Å². The highest BCUT2D eigenvalue weighted by Crippen LogP contribution is 2.39. The third-order valence-electron chi connectivity index (χ3n) is 2.84. The Morgan fingerprint density at radius 1 is 1.35 bits per heavy atom. The van der Waals surface area contributed by atoms with Crippen molar-refractivity contribution in [3.05, 3.63) is 23.6 Å². The molecule has 0 aliphatic heterocycles. The highest BCUT2D eigenvalue weighted by molar-refractivity contribution is 5.64. The Bertz CT molecular complexity index is 599. The molecule has 7 heteroatoms. The predicted octanol–water partition coefficient (Wildman–Crippen LogP) is 2.24. The maximum absolute atomic E-state index is 13.7. The Hall–Kier alpha value is -2.15. The van der Waals surface area contributed by atoms with Crippen LogP contribution in [0.4, 0.5) is 4.39 Å². The second-order valence-corrected chi connectivity index (χ2v) is 4.13. The van der Waals surface area contributed by atoms with Gasteiger partial charge in [-0.1, -0.05) is 5.16 Å². The van der Waals surface area contributed by atoms with Crippen molar-refractivity contribution in [1.29, 1.82) is 0 Å². The van der Waals surface area contributed by atoms with Crippen molar-refractivity contribution < 1.29 is 18.4 Å². The number of alkyl halides is 1. The summed E-state index contributed by atoms with van der Waals surface area (Å²) in [5, 5.41) is 3.80. The van der Waals surface area contributed by atoms with Gasteiger partial charge in [0.2, 0.25) is 11.7 Å². The van der Waals surface area contributed by atoms with Crippen molar-refractivity contribution in [3.63, 3.8) is 0 Å². The van der Waals surface area contributed by atoms with Crippen LogP contribution in [0.15, 0.2) is 16.7 Å². The van der Waals surface area contributed by atoms with Crippen LogP contribution in [-0.2, 0) is 6.54 Å². The lowest BCUT2D eigenvalue weighted by molar-refractivity contribution is 0.324. The summed E-state index contributed by atoms with van der Waals surface area (Å²) in [4.78, 5) is 4.11. The molecular weight excluding hydrogens is 265 g/mol. The number of hydrogen-bond acceptors (Lipinski definition) is 6. The van der Waals surface area contributed by atoms with E-state index in [1.807, 2.05) is 0 Å². The summed E-state index contributed by atoms with van der Waals surface area (Å²) >= 11 is 0. The molecule has 2 aromatic rings. The Morgan fingerprint density at radius 3 is 2.60 bits per heavy atom. The van der Waals surface area contributed by atoms with Crippen LogP contribution >= 0.6 is 0 Å². The highest BCUT2D eigenvalue weighted by atomic mass is 19.1. The highest BCUT2D eigenvalue weighted by Gasteiger charge is 2.19. The largest absolute Gasteiger partial charge is 0.493 e. The van der Waals surface area contributed by atoms with Gasteiger partial charge in [0.25, 0.3) is 0 Å². The predicted molar refractivity (Wildman–Crippen MR) is 70.3 cm³/mol. The normalized spacial score (nSPS) is 12.2. The summed E-state index contributed by atoms with van der Waals surface area (Å²) in [6.45, 7) is 1.56. The molecule has 1 atom stereocenters. The Kier molecular flexibility index (Phi) is 4.19. The van der Waals surface area contributed by atoms with E-state index in [-0.39, 0.29) is 6.54 Å². The first-order valence-electron chi connectivity index (χ1n) is 6.03. The SMILES string of the molecule is COc1cc(-c2noc(CN)n2)cc(C(C)F)c1OC. The van der Waals surface area contributed by atoms with E-state index in [9.17, 15) is 4.39 Å². The number of ether oxygens (including phenoxy) is 2. The average molecular weight is 281 g/mol. The Morgan fingerprint density at radius 2 is 2.10 bits per heavy atom. The van der Waals surface area contributed by atoms with Crippen LogP contribution in [0.5, 0.6) is 11.5 Å². The fraction of sp³-hybridized carbons (Fsp3) is 0.385. The van der Waals surface area contributed by atoms with Gasteiger partial charge in [-0.3, -0.25) is 0 Å². The number of halogens is 1. The summed E-state index contributed by atoms with van der Waals surface area (Å²) in [7, 11) is 2.94. The first-order chi connectivity index (χ1) is 9.60. The maximum atomic E-state index is 13.7. The molecule has 0 saturated heterocycles. The molecule has 0 aliphatic rings. The minimum absolute atomic E-state index is 0.145. The monoisotopic (exact) mass is 281 g/mol. The van der Waals surface area contributed by atoms with E-state index in [0.717, 1.165) is 0 Å². The van der Waals surface area contributed by atoms with Crippen LogP contribution in [0, 0.1) is 0 Å². The maximum Gasteiger partial charge on any atom is 0.240 e. The third kappa shape index (κ3) is 2.57. The number of benzene rings is 1. The molecule has 0 amide bonds. The van der Waals surface area contributed by atoms with Gasteiger partial charge in [-0.25, -0.2) is 4.39 Å². The molecule has 20 heavy (non-hydrogen) atoms. The first-order valence-corrected chi connectivity index (χ1v) is 6.03. The van der Waals surface area contributed by atoms with Crippen LogP contribution in [0.25, 0.3) is 11.4 Å². The Balaban J connectivity index is 2.56. The van der Waals surface area contributed by atoms with Gasteiger partial charge in [0.15, 0.2) is 11.5 Å². The van der Waals surface area contributed by atoms with Gasteiger partial charge in [0.05, 0.1) is 20.8 Å². The fourth-order valence-corrected chi connectivity index (χ4v) is 1.87. The van der Waals surface area contributed by atoms with Crippen molar-refractivity contribution in [1.82, 2.24) is 10.1 Å². The molecule has 108 valence electrons. The van der Waals surface area contributed by atoms with E-state index in [2.05, 4.69) is 10.1 Å². The van der Waals surface area contributed by atoms with E-state index in [0.29, 0.717) is 34.3 Å². The lowest BCUT2D eigenvalue weighted by Gasteiger charge is -2.14. The quantitative estimate of drug-likeness (QED) is 0.905. The van der Waals surface area contributed by atoms with Crippen molar-refractivity contribution in [2.75, 3.05) is 14.2 Å². The zero-order valence-electron chi connectivity index (χ0n) is 11.5. The van der Waals surface area contributed by atoms with Crippen LogP contribution in [0.3, 0.4) is 0 Å². The number of nitrogens with zero attached hydrogens (tertiary/aromatic N) is 2. The van der Waals surface area contributed by atoms with Gasteiger partial charge < -0.3 is 19.7 Å². The molecule has 0 spiro atoms. The molecule has 1 heterocycles. The fourth-order valence-electron chi connectivity index (χ4n) is 1.87. The minimum atomic E-state index is -1.22. The molecule has 1 aromatic carbocycles. The zero-order chi connectivity index (χ0) is 14.7. The van der Waals surface area contributed by atoms with Gasteiger partial charge >= 0.3 is 0 Å². The van der Waals surface area contributed by atoms with Gasteiger partial charge in [0, 0.05) is 11.1 Å². The molecule has 0 bridgehead atoms. The van der Waals surface area contributed by atoms with E-state index in [1.54, 1.807) is 12.1 Å². The molecule has 1 unspecified atom stereocenters. The second kappa shape index (κ2) is 5.87. The molecule has 2 N–H and O–H groups in total. The van der Waals surface area contributed by atoms with Crippen molar-refractivity contribution in [2.24, 2.45) is 5.73 Å². The van der Waals surface area contributed by atoms with Crippen LogP contribution in [0.2, 0.25) is 0 Å². The molecule has 1 aromatic heterocycles. The zero-order valence-corrected chi connectivity index (χ0v) is 11.5. The van der Waals surface area contributed by atoms with Crippen LogP contribution in [-0.4, -0.2) is 24.4 Å². The van der Waals surface area contributed by atoms with E-state index < -0.39 is 6.17 Å². The number of hydrogen-bond donors (Lipinski definition) is 1. The lowest BCUT2D eigenvalue weighted by Crippen LogP contribution is -1.99. The van der Waals surface area contributed by atoms with Gasteiger partial charge in [-0.05, 0) is 19.1 Å². The first kappa shape index (κ1) is 14.3. The molecular formula is C13H16FN3O3. The topological polar surface area (TPSA) is 83.4 Å².